The number of rotatable bonds is 1. The normalized spacial score (nSPS) is 14.7. The van der Waals surface area contributed by atoms with Crippen molar-refractivity contribution < 1.29 is 14.4 Å². The van der Waals surface area contributed by atoms with Crippen molar-refractivity contribution in [2.45, 2.75) is 11.8 Å². The predicted octanol–water partition coefficient (Wildman–Crippen LogP) is 1.60. The zero-order valence-electron chi connectivity index (χ0n) is 8.10. The van der Waals surface area contributed by atoms with Gasteiger partial charge in [-0.1, -0.05) is 12.1 Å². The summed E-state index contributed by atoms with van der Waals surface area (Å²) < 4.78 is 0. The maximum absolute atomic E-state index is 11.5. The van der Waals surface area contributed by atoms with E-state index in [0.29, 0.717) is 11.4 Å². The fourth-order valence-electron chi connectivity index (χ4n) is 1.31. The molecule has 1 aliphatic rings. The van der Waals surface area contributed by atoms with Gasteiger partial charge in [-0.05, 0) is 12.1 Å². The standard InChI is InChI=1S/C10H9NO3S/c1-7(12)14-11-8-4-2-3-5-9(8)15-6-10(11)13/h2-5H,6H2,1H3. The largest absolute Gasteiger partial charge is 0.333 e. The number of carbonyl (C=O) groups is 2. The number of thioether (sulfide) groups is 1. The Labute approximate surface area is 91.2 Å². The molecule has 0 saturated carbocycles. The van der Waals surface area contributed by atoms with Crippen LogP contribution >= 0.6 is 11.8 Å². The van der Waals surface area contributed by atoms with Gasteiger partial charge in [0.2, 0.25) is 0 Å². The minimum absolute atomic E-state index is 0.214. The van der Waals surface area contributed by atoms with Gasteiger partial charge in [0.1, 0.15) is 0 Å². The van der Waals surface area contributed by atoms with Gasteiger partial charge in [0, 0.05) is 11.8 Å². The number of para-hydroxylation sites is 1. The van der Waals surface area contributed by atoms with Crippen molar-refractivity contribution in [2.24, 2.45) is 0 Å². The summed E-state index contributed by atoms with van der Waals surface area (Å²) in [6, 6.07) is 7.33. The van der Waals surface area contributed by atoms with E-state index in [0.717, 1.165) is 9.96 Å². The van der Waals surface area contributed by atoms with Crippen molar-refractivity contribution in [1.29, 1.82) is 0 Å². The SMILES string of the molecule is CC(=O)ON1C(=O)CSc2ccccc21. The maximum Gasteiger partial charge on any atom is 0.330 e. The highest BCUT2D eigenvalue weighted by molar-refractivity contribution is 8.00. The molecule has 0 bridgehead atoms. The quantitative estimate of drug-likeness (QED) is 0.725. The van der Waals surface area contributed by atoms with E-state index in [2.05, 4.69) is 0 Å². The summed E-state index contributed by atoms with van der Waals surface area (Å²) in [5.74, 6) is -0.413. The van der Waals surface area contributed by atoms with Crippen molar-refractivity contribution in [3.63, 3.8) is 0 Å². The lowest BCUT2D eigenvalue weighted by Gasteiger charge is -2.26. The number of fused-ring (bicyclic) bond motifs is 1. The third kappa shape index (κ3) is 1.97. The summed E-state index contributed by atoms with van der Waals surface area (Å²) in [6.07, 6.45) is 0. The van der Waals surface area contributed by atoms with E-state index in [1.807, 2.05) is 12.1 Å². The van der Waals surface area contributed by atoms with Crippen molar-refractivity contribution in [1.82, 2.24) is 0 Å². The molecule has 0 atom stereocenters. The number of anilines is 1. The average Bonchev–Trinajstić information content (AvgIpc) is 2.22. The summed E-state index contributed by atoms with van der Waals surface area (Å²) in [6.45, 7) is 1.28. The molecule has 2 rings (SSSR count). The van der Waals surface area contributed by atoms with E-state index in [9.17, 15) is 9.59 Å². The summed E-state index contributed by atoms with van der Waals surface area (Å²) in [4.78, 5) is 28.2. The van der Waals surface area contributed by atoms with Crippen molar-refractivity contribution in [3.05, 3.63) is 24.3 Å². The molecule has 0 saturated heterocycles. The van der Waals surface area contributed by atoms with Gasteiger partial charge in [0.15, 0.2) is 0 Å². The first-order valence-electron chi connectivity index (χ1n) is 4.42. The van der Waals surface area contributed by atoms with Crippen molar-refractivity contribution in [3.8, 4) is 0 Å². The molecule has 15 heavy (non-hydrogen) atoms. The molecule has 0 unspecified atom stereocenters. The van der Waals surface area contributed by atoms with Crippen molar-refractivity contribution in [2.75, 3.05) is 10.8 Å². The number of amides is 1. The third-order valence-corrected chi connectivity index (χ3v) is 2.93. The van der Waals surface area contributed by atoms with Crippen LogP contribution in [0.3, 0.4) is 0 Å². The molecule has 1 heterocycles. The van der Waals surface area contributed by atoms with E-state index in [-0.39, 0.29) is 5.91 Å². The average molecular weight is 223 g/mol. The number of carbonyl (C=O) groups excluding carboxylic acids is 2. The highest BCUT2D eigenvalue weighted by Crippen LogP contribution is 2.34. The molecule has 0 aliphatic carbocycles. The fraction of sp³-hybridized carbons (Fsp3) is 0.200. The molecule has 4 nitrogen and oxygen atoms in total. The minimum Gasteiger partial charge on any atom is -0.333 e. The van der Waals surface area contributed by atoms with E-state index in [4.69, 9.17) is 4.84 Å². The molecule has 0 fully saturated rings. The number of hydrogen-bond donors (Lipinski definition) is 0. The van der Waals surface area contributed by atoms with E-state index >= 15 is 0 Å². The Hall–Kier alpha value is -1.49. The molecule has 0 spiro atoms. The van der Waals surface area contributed by atoms with Gasteiger partial charge in [-0.2, -0.15) is 0 Å². The fourth-order valence-corrected chi connectivity index (χ4v) is 2.18. The highest BCUT2D eigenvalue weighted by atomic mass is 32.2. The van der Waals surface area contributed by atoms with Gasteiger partial charge < -0.3 is 4.84 Å². The second-order valence-corrected chi connectivity index (χ2v) is 4.04. The number of hydroxylamine groups is 1. The van der Waals surface area contributed by atoms with Crippen LogP contribution in [0.5, 0.6) is 0 Å². The smallest absolute Gasteiger partial charge is 0.330 e. The third-order valence-electron chi connectivity index (χ3n) is 1.88. The Morgan fingerprint density at radius 2 is 2.20 bits per heavy atom. The Bertz CT molecular complexity index is 419. The lowest BCUT2D eigenvalue weighted by atomic mass is 10.3. The van der Waals surface area contributed by atoms with E-state index in [1.54, 1.807) is 12.1 Å². The molecule has 5 heteroatoms. The number of benzene rings is 1. The maximum atomic E-state index is 11.5. The Morgan fingerprint density at radius 3 is 2.93 bits per heavy atom. The number of hydrogen-bond acceptors (Lipinski definition) is 4. The summed E-state index contributed by atoms with van der Waals surface area (Å²) in [5, 5.41) is 1.06. The van der Waals surface area contributed by atoms with Gasteiger partial charge in [-0.25, -0.2) is 4.79 Å². The molecular weight excluding hydrogens is 214 g/mol. The lowest BCUT2D eigenvalue weighted by Crippen LogP contribution is -2.36. The van der Waals surface area contributed by atoms with Crippen LogP contribution in [-0.2, 0) is 14.4 Å². The Balaban J connectivity index is 2.37. The van der Waals surface area contributed by atoms with Crippen LogP contribution in [0.4, 0.5) is 5.69 Å². The highest BCUT2D eigenvalue weighted by Gasteiger charge is 2.26. The molecule has 0 N–H and O–H groups in total. The molecule has 78 valence electrons. The molecule has 1 aliphatic heterocycles. The molecule has 1 aromatic carbocycles. The lowest BCUT2D eigenvalue weighted by molar-refractivity contribution is -0.147. The molecule has 0 aromatic heterocycles. The summed E-state index contributed by atoms with van der Waals surface area (Å²) >= 11 is 1.45. The van der Waals surface area contributed by atoms with Crippen LogP contribution in [0.1, 0.15) is 6.92 Å². The van der Waals surface area contributed by atoms with Gasteiger partial charge in [-0.3, -0.25) is 4.79 Å². The van der Waals surface area contributed by atoms with Gasteiger partial charge in [0.05, 0.1) is 11.4 Å². The molecule has 0 radical (unpaired) electrons. The monoisotopic (exact) mass is 223 g/mol. The van der Waals surface area contributed by atoms with Crippen LogP contribution in [0, 0.1) is 0 Å². The summed E-state index contributed by atoms with van der Waals surface area (Å²) in [5.41, 5.74) is 0.633. The molecule has 1 aromatic rings. The van der Waals surface area contributed by atoms with Crippen LogP contribution in [-0.4, -0.2) is 17.6 Å². The molecular formula is C10H9NO3S. The minimum atomic E-state index is -0.495. The van der Waals surface area contributed by atoms with Gasteiger partial charge in [-0.15, -0.1) is 16.8 Å². The van der Waals surface area contributed by atoms with Gasteiger partial charge >= 0.3 is 5.97 Å². The van der Waals surface area contributed by atoms with Crippen LogP contribution in [0.15, 0.2) is 29.2 Å². The van der Waals surface area contributed by atoms with Crippen LogP contribution < -0.4 is 5.06 Å². The predicted molar refractivity (Wildman–Crippen MR) is 56.4 cm³/mol. The first-order chi connectivity index (χ1) is 7.18. The number of nitrogens with zero attached hydrogens (tertiary/aromatic N) is 1. The second kappa shape index (κ2) is 3.94. The van der Waals surface area contributed by atoms with Crippen LogP contribution in [0.25, 0.3) is 0 Å². The van der Waals surface area contributed by atoms with Crippen LogP contribution in [0.2, 0.25) is 0 Å². The summed E-state index contributed by atoms with van der Waals surface area (Å²) in [7, 11) is 0. The van der Waals surface area contributed by atoms with Gasteiger partial charge in [0.25, 0.3) is 5.91 Å². The Kier molecular flexibility index (Phi) is 2.64. The first-order valence-corrected chi connectivity index (χ1v) is 5.40. The molecule has 1 amide bonds. The van der Waals surface area contributed by atoms with E-state index in [1.165, 1.54) is 18.7 Å². The topological polar surface area (TPSA) is 46.6 Å². The Morgan fingerprint density at radius 1 is 1.47 bits per heavy atom. The van der Waals surface area contributed by atoms with E-state index < -0.39 is 5.97 Å². The zero-order chi connectivity index (χ0) is 10.8. The second-order valence-electron chi connectivity index (χ2n) is 3.03. The zero-order valence-corrected chi connectivity index (χ0v) is 8.91. The van der Waals surface area contributed by atoms with Crippen molar-refractivity contribution >= 4 is 29.3 Å². The first kappa shape index (κ1) is 10.0.